The zero-order valence-electron chi connectivity index (χ0n) is 33.7. The summed E-state index contributed by atoms with van der Waals surface area (Å²) in [5.74, 6) is 4.55. The van der Waals surface area contributed by atoms with Crippen LogP contribution in [0.4, 0.5) is 0 Å². The molecule has 1 heterocycles. The van der Waals surface area contributed by atoms with E-state index >= 15 is 0 Å². The Hall–Kier alpha value is -3.13. The van der Waals surface area contributed by atoms with E-state index in [0.29, 0.717) is 13.0 Å². The summed E-state index contributed by atoms with van der Waals surface area (Å²) in [6.45, 7) is 24.2. The van der Waals surface area contributed by atoms with E-state index in [4.69, 9.17) is 20.7 Å². The third-order valence-corrected chi connectivity index (χ3v) is 8.02. The highest BCUT2D eigenvalue weighted by Gasteiger charge is 2.42. The number of ether oxygens (including phenoxy) is 2. The molecule has 0 aromatic heterocycles. The second-order valence-electron chi connectivity index (χ2n) is 12.4. The van der Waals surface area contributed by atoms with Gasteiger partial charge in [-0.2, -0.15) is 0 Å². The Morgan fingerprint density at radius 1 is 1.02 bits per heavy atom. The summed E-state index contributed by atoms with van der Waals surface area (Å²) in [5.41, 5.74) is 0. The lowest BCUT2D eigenvalue weighted by atomic mass is 9.90. The molecule has 49 heavy (non-hydrogen) atoms. The molecule has 6 unspecified atom stereocenters. The predicted molar refractivity (Wildman–Crippen MR) is 201 cm³/mol. The molecule has 1 saturated heterocycles. The van der Waals surface area contributed by atoms with E-state index in [9.17, 15) is 14.4 Å². The van der Waals surface area contributed by atoms with Gasteiger partial charge in [-0.1, -0.05) is 80.9 Å². The van der Waals surface area contributed by atoms with Crippen LogP contribution in [0.1, 0.15) is 109 Å². The molecule has 5 N–H and O–H groups in total. The molecule has 0 saturated carbocycles. The van der Waals surface area contributed by atoms with Crippen LogP contribution in [-0.4, -0.2) is 111 Å². The smallest absolute Gasteiger partial charge is 0.244 e. The first-order valence-corrected chi connectivity index (χ1v) is 17.9. The molecule has 0 aromatic carbocycles. The Morgan fingerprint density at radius 3 is 2.02 bits per heavy atom. The maximum Gasteiger partial charge on any atom is 0.244 e. The summed E-state index contributed by atoms with van der Waals surface area (Å²) in [6.07, 6.45) is 2.71. The molecule has 288 valence electrons. The average molecular weight is 700 g/mol. The first-order chi connectivity index (χ1) is 23.1. The van der Waals surface area contributed by atoms with Gasteiger partial charge in [0.1, 0.15) is 6.04 Å². The molecule has 0 spiro atoms. The minimum atomic E-state index is -0.692. The lowest BCUT2D eigenvalue weighted by Gasteiger charge is -2.40. The van der Waals surface area contributed by atoms with E-state index < -0.39 is 30.2 Å². The summed E-state index contributed by atoms with van der Waals surface area (Å²) in [4.78, 5) is 47.3. The number of hydrogen-bond acceptors (Lipinski definition) is 8. The number of aliphatic imine (C=N–C) groups is 1. The minimum absolute atomic E-state index is 0.0677. The highest BCUT2D eigenvalue weighted by Crippen LogP contribution is 2.29. The highest BCUT2D eigenvalue weighted by molar-refractivity contribution is 5.90. The van der Waals surface area contributed by atoms with Gasteiger partial charge in [0.2, 0.25) is 17.7 Å². The fourth-order valence-electron chi connectivity index (χ4n) is 5.43. The second-order valence-corrected chi connectivity index (χ2v) is 12.4. The fraction of sp³-hybridized carbons (Fsp3) is 0.857. The number of nitrogens with two attached hydrogens (primary N) is 1. The van der Waals surface area contributed by atoms with Crippen molar-refractivity contribution in [2.75, 3.05) is 34.9 Å². The molecule has 14 heteroatoms. The first kappa shape index (κ1) is 50.2. The van der Waals surface area contributed by atoms with E-state index in [-0.39, 0.29) is 48.0 Å². The number of nitrogens with zero attached hydrogens (tertiary/aromatic N) is 5. The normalized spacial score (nSPS) is 18.3. The topological polar surface area (TPSA) is 187 Å². The summed E-state index contributed by atoms with van der Waals surface area (Å²) >= 11 is 0. The molecule has 3 amide bonds. The van der Waals surface area contributed by atoms with Gasteiger partial charge < -0.3 is 35.7 Å². The summed E-state index contributed by atoms with van der Waals surface area (Å²) in [5, 5.41) is 20.1. The van der Waals surface area contributed by atoms with Crippen LogP contribution in [0.15, 0.2) is 15.3 Å². The van der Waals surface area contributed by atoms with Crippen molar-refractivity contribution in [3.63, 3.8) is 0 Å². The van der Waals surface area contributed by atoms with E-state index in [1.54, 1.807) is 51.8 Å². The van der Waals surface area contributed by atoms with E-state index in [2.05, 4.69) is 46.7 Å². The van der Waals surface area contributed by atoms with Crippen LogP contribution < -0.4 is 16.5 Å². The van der Waals surface area contributed by atoms with Crippen LogP contribution in [-0.2, 0) is 23.9 Å². The average Bonchev–Trinajstić information content (AvgIpc) is 3.57. The van der Waals surface area contributed by atoms with Crippen LogP contribution in [0.25, 0.3) is 0 Å². The number of hydrogen-bond donors (Lipinski definition) is 4. The number of likely N-dealkylation sites (N-methyl/N-ethyl adjacent to an activating group) is 1. The molecular weight excluding hydrogens is 626 g/mol. The Balaban J connectivity index is -0.00000241. The van der Waals surface area contributed by atoms with Crippen LogP contribution in [0.3, 0.4) is 0 Å². The third kappa shape index (κ3) is 17.9. The maximum absolute atomic E-state index is 13.8. The Kier molecular flexibility index (Phi) is 29.4. The van der Waals surface area contributed by atoms with Gasteiger partial charge in [0.15, 0.2) is 5.84 Å². The Bertz CT molecular complexity index is 976. The highest BCUT2D eigenvalue weighted by atomic mass is 16.5. The van der Waals surface area contributed by atoms with Gasteiger partial charge in [0.25, 0.3) is 0 Å². The van der Waals surface area contributed by atoms with Crippen molar-refractivity contribution >= 4 is 29.9 Å². The molecule has 0 radical (unpaired) electrons. The predicted octanol–water partition coefficient (Wildman–Crippen LogP) is 5.07. The molecule has 1 aliphatic heterocycles. The Labute approximate surface area is 298 Å². The van der Waals surface area contributed by atoms with Gasteiger partial charge in [-0.05, 0) is 38.5 Å². The number of carbonyl (C=O) groups excluding carboxylic acids is 3. The number of methoxy groups -OCH3 is 2. The van der Waals surface area contributed by atoms with Crippen LogP contribution in [0, 0.1) is 23.2 Å². The molecular formula is C35H73N9O5. The zero-order chi connectivity index (χ0) is 38.9. The van der Waals surface area contributed by atoms with Crippen molar-refractivity contribution < 1.29 is 23.9 Å². The van der Waals surface area contributed by atoms with Gasteiger partial charge in [-0.15, -0.1) is 5.11 Å². The molecule has 1 fully saturated rings. The number of likely N-dealkylation sites (tertiary alicyclic amines) is 1. The van der Waals surface area contributed by atoms with E-state index in [1.807, 2.05) is 41.5 Å². The van der Waals surface area contributed by atoms with Crippen molar-refractivity contribution in [1.29, 1.82) is 5.41 Å². The molecule has 8 atom stereocenters. The van der Waals surface area contributed by atoms with Crippen molar-refractivity contribution in [2.24, 2.45) is 38.9 Å². The SMILES string of the molecule is CC.CC.CC(C)C.CCC(C)C(C(CC(=O)N1CCCC1C(OC)C(C)C(=O)N[C@@H](C)C(=N)N=NN)OC)N(C)C(=O)[C@H](C)NC=NC. The van der Waals surface area contributed by atoms with Gasteiger partial charge in [0.05, 0.1) is 49.0 Å². The largest absolute Gasteiger partial charge is 0.379 e. The summed E-state index contributed by atoms with van der Waals surface area (Å²) < 4.78 is 11.6. The number of rotatable bonds is 16. The van der Waals surface area contributed by atoms with Crippen LogP contribution in [0.2, 0.25) is 0 Å². The van der Waals surface area contributed by atoms with Crippen LogP contribution in [0.5, 0.6) is 0 Å². The van der Waals surface area contributed by atoms with Crippen molar-refractivity contribution in [2.45, 2.75) is 145 Å². The monoisotopic (exact) mass is 700 g/mol. The fourth-order valence-corrected chi connectivity index (χ4v) is 5.43. The summed E-state index contributed by atoms with van der Waals surface area (Å²) in [6, 6.07) is -1.84. The van der Waals surface area contributed by atoms with Gasteiger partial charge in [-0.25, -0.2) is 0 Å². The van der Waals surface area contributed by atoms with Crippen molar-refractivity contribution in [3.05, 3.63) is 0 Å². The molecule has 14 nitrogen and oxygen atoms in total. The van der Waals surface area contributed by atoms with Gasteiger partial charge >= 0.3 is 0 Å². The molecule has 1 rings (SSSR count). The van der Waals surface area contributed by atoms with Gasteiger partial charge in [-0.3, -0.25) is 24.8 Å². The van der Waals surface area contributed by atoms with Crippen molar-refractivity contribution in [1.82, 2.24) is 20.4 Å². The number of carbonyl (C=O) groups is 3. The number of nitrogens with one attached hydrogen (secondary N) is 3. The summed E-state index contributed by atoms with van der Waals surface area (Å²) in [7, 11) is 6.45. The lowest BCUT2D eigenvalue weighted by Crippen LogP contribution is -2.55. The van der Waals surface area contributed by atoms with Crippen molar-refractivity contribution in [3.8, 4) is 0 Å². The van der Waals surface area contributed by atoms with E-state index in [1.165, 1.54) is 13.4 Å². The number of amides is 3. The molecule has 0 aliphatic carbocycles. The lowest BCUT2D eigenvalue weighted by molar-refractivity contribution is -0.146. The minimum Gasteiger partial charge on any atom is -0.379 e. The van der Waals surface area contributed by atoms with Gasteiger partial charge in [0, 0.05) is 34.9 Å². The maximum atomic E-state index is 13.8. The van der Waals surface area contributed by atoms with E-state index in [0.717, 1.165) is 18.8 Å². The van der Waals surface area contributed by atoms with Crippen LogP contribution >= 0.6 is 0 Å². The number of amidine groups is 1. The molecule has 0 bridgehead atoms. The zero-order valence-corrected chi connectivity index (χ0v) is 33.7. The standard InChI is InChI=1S/C27H51N9O5.C4H10.2C2H6/c1-10-16(2)23(35(7)27(39)19(5)31-15-30-6)21(40-8)14-22(37)36-13-11-12-20(36)24(41-9)17(3)26(38)32-18(4)25(28)33-34-29;1-4(2)3;2*1-2/h15-21,23-24H,10-14H2,1-9H3,(H,30,31)(H,32,38)(H3,28,29,33);4H,1-3H3;2*1-2H3/t16?,17?,18-,19-,20?,21?,23?,24?;;;/m0.../s1. The molecule has 0 aromatic rings. The quantitative estimate of drug-likeness (QED) is 0.0569. The molecule has 1 aliphatic rings. The third-order valence-electron chi connectivity index (χ3n) is 8.02. The first-order valence-electron chi connectivity index (χ1n) is 17.9. The Morgan fingerprint density at radius 2 is 1.57 bits per heavy atom. The second kappa shape index (κ2) is 28.7.